The van der Waals surface area contributed by atoms with Crippen LogP contribution >= 0.6 is 11.6 Å². The number of hydrogen-bond acceptors (Lipinski definition) is 6. The summed E-state index contributed by atoms with van der Waals surface area (Å²) in [6.07, 6.45) is 0.639. The number of Topliss-reactive ketones (excluding diaryl/α,β-unsaturated/α-hetero) is 1. The Kier molecular flexibility index (Phi) is 11.6. The second kappa shape index (κ2) is 16.1. The molecule has 0 aliphatic rings. The average Bonchev–Trinajstić information content (AvgIpc) is 3.34. The molecular weight excluding hydrogens is 682 g/mol. The molecule has 5 rings (SSSR count). The largest absolute Gasteiger partial charge is 0.493 e. The van der Waals surface area contributed by atoms with Gasteiger partial charge >= 0.3 is 11.4 Å². The lowest BCUT2D eigenvalue weighted by Gasteiger charge is -2.24. The quantitative estimate of drug-likeness (QED) is 0.103. The van der Waals surface area contributed by atoms with Gasteiger partial charge in [-0.1, -0.05) is 98.6 Å². The Bertz CT molecular complexity index is 2200. The molecular formula is C40H42ClN5O6. The number of nitrogens with one attached hydrogen (secondary N) is 2. The fourth-order valence-corrected chi connectivity index (χ4v) is 5.86. The van der Waals surface area contributed by atoms with Crippen molar-refractivity contribution in [3.05, 3.63) is 140 Å². The minimum Gasteiger partial charge on any atom is -0.493 e. The second-order valence-corrected chi connectivity index (χ2v) is 14.0. The molecule has 0 bridgehead atoms. The van der Waals surface area contributed by atoms with Gasteiger partial charge in [0.15, 0.2) is 11.8 Å². The number of aryl methyl sites for hydroxylation is 2. The number of halogens is 1. The van der Waals surface area contributed by atoms with Crippen molar-refractivity contribution < 1.29 is 19.1 Å². The summed E-state index contributed by atoms with van der Waals surface area (Å²) in [5.41, 5.74) is 0.849. The van der Waals surface area contributed by atoms with E-state index in [2.05, 4.69) is 10.6 Å². The molecule has 2 N–H and O–H groups in total. The number of rotatable bonds is 13. The molecule has 0 saturated heterocycles. The highest BCUT2D eigenvalue weighted by molar-refractivity contribution is 6.34. The van der Waals surface area contributed by atoms with Crippen LogP contribution in [0.1, 0.15) is 56.3 Å². The molecule has 52 heavy (non-hydrogen) atoms. The number of benzene rings is 4. The zero-order chi connectivity index (χ0) is 37.6. The number of nitrogens with zero attached hydrogens (tertiary/aromatic N) is 3. The number of anilines is 2. The predicted molar refractivity (Wildman–Crippen MR) is 203 cm³/mol. The molecule has 0 fully saturated rings. The summed E-state index contributed by atoms with van der Waals surface area (Å²) in [7, 11) is 0. The summed E-state index contributed by atoms with van der Waals surface area (Å²) < 4.78 is 8.90. The van der Waals surface area contributed by atoms with Crippen molar-refractivity contribution in [3.8, 4) is 11.4 Å². The highest BCUT2D eigenvalue weighted by atomic mass is 35.5. The third-order valence-corrected chi connectivity index (χ3v) is 8.70. The van der Waals surface area contributed by atoms with Gasteiger partial charge in [0.1, 0.15) is 5.75 Å². The molecule has 270 valence electrons. The third kappa shape index (κ3) is 8.78. The molecule has 2 amide bonds. The number of carbonyl (C=O) groups excluding carboxylic acids is 3. The number of aromatic nitrogens is 3. The molecule has 0 saturated carbocycles. The van der Waals surface area contributed by atoms with Crippen molar-refractivity contribution >= 4 is 40.6 Å². The lowest BCUT2D eigenvalue weighted by Crippen LogP contribution is -2.46. The first-order chi connectivity index (χ1) is 24.7. The van der Waals surface area contributed by atoms with Crippen molar-refractivity contribution in [2.45, 2.75) is 60.0 Å². The highest BCUT2D eigenvalue weighted by Gasteiger charge is 2.40. The molecule has 0 radical (unpaired) electrons. The minimum absolute atomic E-state index is 0.000144. The molecule has 0 spiro atoms. The van der Waals surface area contributed by atoms with E-state index < -0.39 is 34.5 Å². The first-order valence-electron chi connectivity index (χ1n) is 16.9. The van der Waals surface area contributed by atoms with Gasteiger partial charge in [0, 0.05) is 17.5 Å². The Balaban J connectivity index is 1.40. The number of amides is 2. The van der Waals surface area contributed by atoms with E-state index in [0.717, 1.165) is 22.4 Å². The molecule has 0 aliphatic carbocycles. The fraction of sp³-hybridized carbons (Fsp3) is 0.275. The summed E-state index contributed by atoms with van der Waals surface area (Å²) in [5, 5.41) is 5.56. The van der Waals surface area contributed by atoms with Gasteiger partial charge in [-0.15, -0.1) is 0 Å². The standard InChI is InChI=1S/C40H42ClN5O6/c1-26-18-21-33(27(2)23-26)52-22-12-17-34(47)42-29-19-20-31(41)32(24-29)43-37(49)35(36(48)40(3,4)5)45-38(50)44(25-28-13-8-6-9-14-28)46(39(45)51)30-15-10-7-11-16-30/h6-11,13-16,18-21,23-24,35H,12,17,22,25H2,1-5H3,(H,42,47)(H,43,49). The van der Waals surface area contributed by atoms with Gasteiger partial charge in [-0.05, 0) is 67.8 Å². The number of hydrogen-bond donors (Lipinski definition) is 2. The van der Waals surface area contributed by atoms with Gasteiger partial charge in [-0.2, -0.15) is 4.68 Å². The van der Waals surface area contributed by atoms with Crippen LogP contribution in [0.5, 0.6) is 5.75 Å². The Morgan fingerprint density at radius 2 is 1.50 bits per heavy atom. The van der Waals surface area contributed by atoms with Crippen molar-refractivity contribution in [1.29, 1.82) is 0 Å². The van der Waals surface area contributed by atoms with Crippen molar-refractivity contribution in [1.82, 2.24) is 13.9 Å². The van der Waals surface area contributed by atoms with Crippen LogP contribution < -0.4 is 26.7 Å². The molecule has 1 atom stereocenters. The number of carbonyl (C=O) groups is 3. The van der Waals surface area contributed by atoms with E-state index in [1.807, 2.05) is 62.4 Å². The monoisotopic (exact) mass is 723 g/mol. The molecule has 11 nitrogen and oxygen atoms in total. The summed E-state index contributed by atoms with van der Waals surface area (Å²) in [4.78, 5) is 69.3. The molecule has 0 aliphatic heterocycles. The average molecular weight is 724 g/mol. The molecule has 12 heteroatoms. The summed E-state index contributed by atoms with van der Waals surface area (Å²) >= 11 is 6.47. The van der Waals surface area contributed by atoms with Gasteiger partial charge in [-0.25, -0.2) is 18.8 Å². The zero-order valence-electron chi connectivity index (χ0n) is 29.8. The highest BCUT2D eigenvalue weighted by Crippen LogP contribution is 2.29. The van der Waals surface area contributed by atoms with Gasteiger partial charge in [0.2, 0.25) is 5.91 Å². The normalized spacial score (nSPS) is 11.9. The lowest BCUT2D eigenvalue weighted by molar-refractivity contribution is -0.135. The SMILES string of the molecule is Cc1ccc(OCCCC(=O)Nc2ccc(Cl)c(NC(=O)C(C(=O)C(C)(C)C)n3c(=O)n(Cc4ccccc4)n(-c4ccccc4)c3=O)c2)c(C)c1. The number of ketones is 1. The predicted octanol–water partition coefficient (Wildman–Crippen LogP) is 6.71. The fourth-order valence-electron chi connectivity index (χ4n) is 5.69. The molecule has 1 aromatic heterocycles. The van der Waals surface area contributed by atoms with Crippen LogP contribution in [0, 0.1) is 19.3 Å². The van der Waals surface area contributed by atoms with Crippen molar-refractivity contribution in [2.75, 3.05) is 17.2 Å². The maximum absolute atomic E-state index is 14.2. The molecule has 1 unspecified atom stereocenters. The van der Waals surface area contributed by atoms with Crippen LogP contribution in [0.25, 0.3) is 5.69 Å². The van der Waals surface area contributed by atoms with E-state index in [-0.39, 0.29) is 29.6 Å². The van der Waals surface area contributed by atoms with Gasteiger partial charge < -0.3 is 15.4 Å². The molecule has 5 aromatic rings. The Hall–Kier alpha value is -5.68. The van der Waals surface area contributed by atoms with Crippen LogP contribution in [-0.4, -0.2) is 38.1 Å². The second-order valence-electron chi connectivity index (χ2n) is 13.6. The van der Waals surface area contributed by atoms with Crippen LogP contribution in [0.2, 0.25) is 5.02 Å². The van der Waals surface area contributed by atoms with E-state index >= 15 is 0 Å². The Labute approximate surface area is 306 Å². The Morgan fingerprint density at radius 3 is 2.15 bits per heavy atom. The first-order valence-corrected chi connectivity index (χ1v) is 17.3. The third-order valence-electron chi connectivity index (χ3n) is 8.37. The van der Waals surface area contributed by atoms with E-state index in [1.165, 1.54) is 21.5 Å². The van der Waals surface area contributed by atoms with Crippen molar-refractivity contribution in [3.63, 3.8) is 0 Å². The topological polar surface area (TPSA) is 133 Å². The Morgan fingerprint density at radius 1 is 0.827 bits per heavy atom. The van der Waals surface area contributed by atoms with Crippen LogP contribution in [0.4, 0.5) is 11.4 Å². The molecule has 4 aromatic carbocycles. The smallest absolute Gasteiger partial charge is 0.353 e. The van der Waals surface area contributed by atoms with Crippen LogP contribution in [-0.2, 0) is 20.9 Å². The lowest BCUT2D eigenvalue weighted by atomic mass is 9.86. The zero-order valence-corrected chi connectivity index (χ0v) is 30.6. The van der Waals surface area contributed by atoms with Crippen LogP contribution in [0.15, 0.2) is 107 Å². The summed E-state index contributed by atoms with van der Waals surface area (Å²) in [6, 6.07) is 26.2. The van der Waals surface area contributed by atoms with Gasteiger partial charge in [0.25, 0.3) is 5.91 Å². The van der Waals surface area contributed by atoms with Gasteiger partial charge in [-0.3, -0.25) is 14.4 Å². The number of ether oxygens (including phenoxy) is 1. The van der Waals surface area contributed by atoms with Crippen molar-refractivity contribution in [2.24, 2.45) is 5.41 Å². The van der Waals surface area contributed by atoms with Gasteiger partial charge in [0.05, 0.1) is 29.5 Å². The summed E-state index contributed by atoms with van der Waals surface area (Å²) in [5.74, 6) is -1.12. The van der Waals surface area contributed by atoms with E-state index in [0.29, 0.717) is 29.0 Å². The maximum Gasteiger partial charge on any atom is 0.353 e. The number of para-hydroxylation sites is 1. The van der Waals surface area contributed by atoms with E-state index in [1.54, 1.807) is 57.2 Å². The maximum atomic E-state index is 14.2. The van der Waals surface area contributed by atoms with E-state index in [9.17, 15) is 24.0 Å². The molecule has 1 heterocycles. The first kappa shape index (κ1) is 37.6. The minimum atomic E-state index is -1.85. The summed E-state index contributed by atoms with van der Waals surface area (Å²) in [6.45, 7) is 9.14. The van der Waals surface area contributed by atoms with Crippen LogP contribution in [0.3, 0.4) is 0 Å². The van der Waals surface area contributed by atoms with E-state index in [4.69, 9.17) is 16.3 Å².